The molecule has 0 saturated carbocycles. The summed E-state index contributed by atoms with van der Waals surface area (Å²) in [7, 11) is 0. The van der Waals surface area contributed by atoms with Crippen molar-refractivity contribution in [3.05, 3.63) is 12.2 Å². The minimum absolute atomic E-state index is 0.129. The maximum Gasteiger partial charge on any atom is 0.266 e. The molecule has 0 aliphatic carbocycles. The Kier molecular flexibility index (Phi) is 6.58. The summed E-state index contributed by atoms with van der Waals surface area (Å²) in [4.78, 5) is 0. The standard InChI is InChI=1S/C11H19BrF2/c1-4-9(8-12)11(2,3)7-5-6-10(13)14/h6,9H,4-5,7-8H2,1-3H3/t9-/m0/s1. The summed E-state index contributed by atoms with van der Waals surface area (Å²) in [5, 5.41) is 0.943. The zero-order valence-electron chi connectivity index (χ0n) is 9.12. The SMILES string of the molecule is CC[C@@H](CBr)C(C)(C)CCC=C(F)F. The molecule has 0 unspecified atom stereocenters. The highest BCUT2D eigenvalue weighted by Gasteiger charge is 2.26. The molecule has 0 saturated heterocycles. The van der Waals surface area contributed by atoms with Crippen LogP contribution in [0.2, 0.25) is 0 Å². The van der Waals surface area contributed by atoms with Crippen LogP contribution in [0.15, 0.2) is 12.2 Å². The molecule has 0 aromatic rings. The molecule has 0 heterocycles. The van der Waals surface area contributed by atoms with Crippen LogP contribution in [0.25, 0.3) is 0 Å². The van der Waals surface area contributed by atoms with Crippen LogP contribution >= 0.6 is 15.9 Å². The first-order valence-electron chi connectivity index (χ1n) is 5.01. The van der Waals surface area contributed by atoms with E-state index < -0.39 is 6.08 Å². The maximum absolute atomic E-state index is 11.8. The second-order valence-corrected chi connectivity index (χ2v) is 4.93. The van der Waals surface area contributed by atoms with Gasteiger partial charge in [-0.15, -0.1) is 0 Å². The summed E-state index contributed by atoms with van der Waals surface area (Å²) >= 11 is 3.47. The lowest BCUT2D eigenvalue weighted by atomic mass is 9.75. The Balaban J connectivity index is 4.11. The lowest BCUT2D eigenvalue weighted by Gasteiger charge is -2.32. The van der Waals surface area contributed by atoms with Crippen molar-refractivity contribution in [2.75, 3.05) is 5.33 Å². The van der Waals surface area contributed by atoms with E-state index in [0.717, 1.165) is 24.2 Å². The van der Waals surface area contributed by atoms with E-state index in [1.54, 1.807) is 0 Å². The predicted molar refractivity (Wildman–Crippen MR) is 60.9 cm³/mol. The molecule has 0 rings (SSSR count). The third-order valence-electron chi connectivity index (χ3n) is 2.87. The normalized spacial score (nSPS) is 13.9. The first-order chi connectivity index (χ1) is 6.44. The molecule has 0 radical (unpaired) electrons. The van der Waals surface area contributed by atoms with E-state index in [2.05, 4.69) is 36.7 Å². The van der Waals surface area contributed by atoms with Crippen LogP contribution < -0.4 is 0 Å². The molecule has 1 atom stereocenters. The fourth-order valence-corrected chi connectivity index (χ4v) is 2.96. The lowest BCUT2D eigenvalue weighted by Crippen LogP contribution is -2.24. The molecule has 0 aromatic carbocycles. The first kappa shape index (κ1) is 14.1. The summed E-state index contributed by atoms with van der Waals surface area (Å²) in [6, 6.07) is 0. The number of halogens is 3. The molecular formula is C11H19BrF2. The van der Waals surface area contributed by atoms with E-state index in [1.165, 1.54) is 0 Å². The molecule has 0 spiro atoms. The van der Waals surface area contributed by atoms with Crippen molar-refractivity contribution in [2.24, 2.45) is 11.3 Å². The van der Waals surface area contributed by atoms with Gasteiger partial charge < -0.3 is 0 Å². The molecule has 0 aliphatic heterocycles. The van der Waals surface area contributed by atoms with E-state index in [-0.39, 0.29) is 5.41 Å². The van der Waals surface area contributed by atoms with Crippen molar-refractivity contribution >= 4 is 15.9 Å². The van der Waals surface area contributed by atoms with Gasteiger partial charge in [0.25, 0.3) is 6.08 Å². The van der Waals surface area contributed by atoms with Gasteiger partial charge in [-0.2, -0.15) is 8.78 Å². The molecule has 0 nitrogen and oxygen atoms in total. The van der Waals surface area contributed by atoms with Crippen molar-refractivity contribution in [3.63, 3.8) is 0 Å². The summed E-state index contributed by atoms with van der Waals surface area (Å²) in [6.07, 6.45) is 1.82. The number of hydrogen-bond acceptors (Lipinski definition) is 0. The largest absolute Gasteiger partial charge is 0.266 e. The molecule has 0 bridgehead atoms. The smallest absolute Gasteiger partial charge is 0.174 e. The van der Waals surface area contributed by atoms with E-state index >= 15 is 0 Å². The van der Waals surface area contributed by atoms with Gasteiger partial charge in [0.1, 0.15) is 0 Å². The first-order valence-corrected chi connectivity index (χ1v) is 6.13. The Labute approximate surface area is 93.9 Å². The van der Waals surface area contributed by atoms with Gasteiger partial charge in [0, 0.05) is 5.33 Å². The highest BCUT2D eigenvalue weighted by molar-refractivity contribution is 9.09. The van der Waals surface area contributed by atoms with Crippen LogP contribution in [0, 0.1) is 11.3 Å². The topological polar surface area (TPSA) is 0 Å². The molecule has 0 aromatic heterocycles. The van der Waals surface area contributed by atoms with Crippen molar-refractivity contribution in [1.82, 2.24) is 0 Å². The van der Waals surface area contributed by atoms with E-state index in [0.29, 0.717) is 12.3 Å². The van der Waals surface area contributed by atoms with Crippen LogP contribution in [-0.4, -0.2) is 5.33 Å². The van der Waals surface area contributed by atoms with E-state index in [9.17, 15) is 8.78 Å². The Morgan fingerprint density at radius 3 is 2.36 bits per heavy atom. The van der Waals surface area contributed by atoms with E-state index in [4.69, 9.17) is 0 Å². The Bertz CT molecular complexity index is 180. The fraction of sp³-hybridized carbons (Fsp3) is 0.818. The van der Waals surface area contributed by atoms with E-state index in [1.807, 2.05) is 0 Å². The number of alkyl halides is 1. The third kappa shape index (κ3) is 5.08. The molecule has 0 amide bonds. The number of allylic oxidation sites excluding steroid dienone is 1. The number of rotatable bonds is 6. The molecule has 84 valence electrons. The van der Waals surface area contributed by atoms with Gasteiger partial charge in [-0.3, -0.25) is 0 Å². The van der Waals surface area contributed by atoms with Crippen LogP contribution in [0.1, 0.15) is 40.0 Å². The van der Waals surface area contributed by atoms with Crippen molar-refractivity contribution < 1.29 is 8.78 Å². The van der Waals surface area contributed by atoms with Gasteiger partial charge in [-0.1, -0.05) is 43.1 Å². The zero-order chi connectivity index (χ0) is 11.2. The van der Waals surface area contributed by atoms with Crippen LogP contribution in [0.3, 0.4) is 0 Å². The van der Waals surface area contributed by atoms with Gasteiger partial charge >= 0.3 is 0 Å². The summed E-state index contributed by atoms with van der Waals surface area (Å²) in [5.41, 5.74) is 0.129. The van der Waals surface area contributed by atoms with Crippen molar-refractivity contribution in [2.45, 2.75) is 40.0 Å². The zero-order valence-corrected chi connectivity index (χ0v) is 10.7. The second-order valence-electron chi connectivity index (χ2n) is 4.28. The molecule has 14 heavy (non-hydrogen) atoms. The molecule has 3 heteroatoms. The number of hydrogen-bond donors (Lipinski definition) is 0. The maximum atomic E-state index is 11.8. The van der Waals surface area contributed by atoms with Gasteiger partial charge in [0.05, 0.1) is 0 Å². The average Bonchev–Trinajstić information content (AvgIpc) is 2.04. The molecule has 0 N–H and O–H groups in total. The van der Waals surface area contributed by atoms with Crippen LogP contribution in [-0.2, 0) is 0 Å². The molecule has 0 aliphatic rings. The third-order valence-corrected chi connectivity index (χ3v) is 3.65. The summed E-state index contributed by atoms with van der Waals surface area (Å²) in [5.74, 6) is 0.554. The minimum atomic E-state index is -1.56. The van der Waals surface area contributed by atoms with Crippen molar-refractivity contribution in [1.29, 1.82) is 0 Å². The summed E-state index contributed by atoms with van der Waals surface area (Å²) < 4.78 is 23.7. The summed E-state index contributed by atoms with van der Waals surface area (Å²) in [6.45, 7) is 6.43. The quantitative estimate of drug-likeness (QED) is 0.595. The molecule has 0 fully saturated rings. The second kappa shape index (κ2) is 6.54. The van der Waals surface area contributed by atoms with Gasteiger partial charge in [-0.25, -0.2) is 0 Å². The van der Waals surface area contributed by atoms with Gasteiger partial charge in [-0.05, 0) is 30.3 Å². The highest BCUT2D eigenvalue weighted by Crippen LogP contribution is 2.35. The Morgan fingerprint density at radius 2 is 2.00 bits per heavy atom. The lowest BCUT2D eigenvalue weighted by molar-refractivity contribution is 0.212. The highest BCUT2D eigenvalue weighted by atomic mass is 79.9. The van der Waals surface area contributed by atoms with Crippen LogP contribution in [0.5, 0.6) is 0 Å². The minimum Gasteiger partial charge on any atom is -0.174 e. The fourth-order valence-electron chi connectivity index (χ4n) is 1.63. The van der Waals surface area contributed by atoms with Crippen LogP contribution in [0.4, 0.5) is 8.78 Å². The Morgan fingerprint density at radius 1 is 1.43 bits per heavy atom. The average molecular weight is 269 g/mol. The van der Waals surface area contributed by atoms with Gasteiger partial charge in [0.15, 0.2) is 0 Å². The monoisotopic (exact) mass is 268 g/mol. The predicted octanol–water partition coefficient (Wildman–Crippen LogP) is 4.99. The molecular weight excluding hydrogens is 250 g/mol. The van der Waals surface area contributed by atoms with Crippen molar-refractivity contribution in [3.8, 4) is 0 Å². The Hall–Kier alpha value is 0.0800. The van der Waals surface area contributed by atoms with Gasteiger partial charge in [0.2, 0.25) is 0 Å².